The van der Waals surface area contributed by atoms with Gasteiger partial charge in [0.1, 0.15) is 5.76 Å². The SMILES string of the molecule is Cc1oc(C(=O)N2c3ccc(Cl)cc3CC2C)cc1CO. The molecule has 1 aromatic heterocycles. The Morgan fingerprint density at radius 1 is 1.48 bits per heavy atom. The van der Waals surface area contributed by atoms with Crippen molar-refractivity contribution in [2.75, 3.05) is 4.90 Å². The van der Waals surface area contributed by atoms with Crippen LogP contribution in [0.4, 0.5) is 5.69 Å². The first-order valence-corrected chi connectivity index (χ1v) is 7.21. The van der Waals surface area contributed by atoms with Gasteiger partial charge in [0.15, 0.2) is 5.76 Å². The van der Waals surface area contributed by atoms with E-state index in [4.69, 9.17) is 16.0 Å². The Balaban J connectivity index is 1.98. The van der Waals surface area contributed by atoms with Gasteiger partial charge in [-0.15, -0.1) is 0 Å². The molecule has 0 fully saturated rings. The van der Waals surface area contributed by atoms with Crippen LogP contribution in [0.3, 0.4) is 0 Å². The van der Waals surface area contributed by atoms with Crippen molar-refractivity contribution in [3.8, 4) is 0 Å². The van der Waals surface area contributed by atoms with E-state index in [1.54, 1.807) is 24.0 Å². The predicted molar refractivity (Wildman–Crippen MR) is 80.8 cm³/mol. The number of furan rings is 1. The molecule has 0 bridgehead atoms. The number of aryl methyl sites for hydroxylation is 1. The monoisotopic (exact) mass is 305 g/mol. The molecule has 1 atom stereocenters. The lowest BCUT2D eigenvalue weighted by Gasteiger charge is -2.21. The topological polar surface area (TPSA) is 53.7 Å². The van der Waals surface area contributed by atoms with Crippen molar-refractivity contribution in [3.05, 3.63) is 51.9 Å². The molecule has 0 saturated carbocycles. The summed E-state index contributed by atoms with van der Waals surface area (Å²) in [6.45, 7) is 3.60. The third kappa shape index (κ3) is 2.34. The van der Waals surface area contributed by atoms with Gasteiger partial charge >= 0.3 is 0 Å². The lowest BCUT2D eigenvalue weighted by molar-refractivity contribution is 0.0953. The van der Waals surface area contributed by atoms with Crippen molar-refractivity contribution in [2.45, 2.75) is 32.9 Å². The Morgan fingerprint density at radius 3 is 2.90 bits per heavy atom. The van der Waals surface area contributed by atoms with Gasteiger partial charge in [0.25, 0.3) is 5.91 Å². The molecule has 1 unspecified atom stereocenters. The number of halogens is 1. The molecule has 5 heteroatoms. The van der Waals surface area contributed by atoms with Crippen LogP contribution in [0.25, 0.3) is 0 Å². The number of benzene rings is 1. The van der Waals surface area contributed by atoms with Crippen LogP contribution in [-0.4, -0.2) is 17.1 Å². The molecule has 0 radical (unpaired) electrons. The van der Waals surface area contributed by atoms with Crippen molar-refractivity contribution in [1.29, 1.82) is 0 Å². The lowest BCUT2D eigenvalue weighted by atomic mass is 10.1. The van der Waals surface area contributed by atoms with E-state index in [-0.39, 0.29) is 24.3 Å². The molecule has 0 spiro atoms. The Kier molecular flexibility index (Phi) is 3.51. The van der Waals surface area contributed by atoms with Crippen molar-refractivity contribution >= 4 is 23.2 Å². The minimum Gasteiger partial charge on any atom is -0.456 e. The fourth-order valence-corrected chi connectivity index (χ4v) is 3.00. The smallest absolute Gasteiger partial charge is 0.294 e. The average molecular weight is 306 g/mol. The van der Waals surface area contributed by atoms with Crippen molar-refractivity contribution in [1.82, 2.24) is 0 Å². The highest BCUT2D eigenvalue weighted by molar-refractivity contribution is 6.30. The van der Waals surface area contributed by atoms with E-state index < -0.39 is 0 Å². The highest BCUT2D eigenvalue weighted by Gasteiger charge is 2.33. The number of hydrogen-bond donors (Lipinski definition) is 1. The second-order valence-electron chi connectivity index (χ2n) is 5.35. The minimum absolute atomic E-state index is 0.0500. The van der Waals surface area contributed by atoms with Gasteiger partial charge in [0.2, 0.25) is 0 Å². The summed E-state index contributed by atoms with van der Waals surface area (Å²) in [6, 6.07) is 7.20. The van der Waals surface area contributed by atoms with Crippen LogP contribution in [0.5, 0.6) is 0 Å². The molecule has 1 aliphatic rings. The molecule has 1 N–H and O–H groups in total. The summed E-state index contributed by atoms with van der Waals surface area (Å²) in [5.41, 5.74) is 2.58. The lowest BCUT2D eigenvalue weighted by Crippen LogP contribution is -2.35. The number of carbonyl (C=O) groups excluding carboxylic acids is 1. The van der Waals surface area contributed by atoms with E-state index >= 15 is 0 Å². The molecule has 1 amide bonds. The maximum absolute atomic E-state index is 12.7. The van der Waals surface area contributed by atoms with E-state index in [0.717, 1.165) is 17.7 Å². The highest BCUT2D eigenvalue weighted by atomic mass is 35.5. The van der Waals surface area contributed by atoms with Gasteiger partial charge in [0.05, 0.1) is 6.61 Å². The zero-order chi connectivity index (χ0) is 15.1. The maximum atomic E-state index is 12.7. The van der Waals surface area contributed by atoms with Gasteiger partial charge in [-0.2, -0.15) is 0 Å². The summed E-state index contributed by atoms with van der Waals surface area (Å²) in [4.78, 5) is 14.4. The van der Waals surface area contributed by atoms with Crippen LogP contribution in [0, 0.1) is 6.92 Å². The molecule has 1 aliphatic heterocycles. The van der Waals surface area contributed by atoms with Crippen LogP contribution in [-0.2, 0) is 13.0 Å². The maximum Gasteiger partial charge on any atom is 0.294 e. The average Bonchev–Trinajstić information content (AvgIpc) is 2.97. The number of fused-ring (bicyclic) bond motifs is 1. The van der Waals surface area contributed by atoms with Crippen molar-refractivity contribution < 1.29 is 14.3 Å². The number of aliphatic hydroxyl groups excluding tert-OH is 1. The predicted octanol–water partition coefficient (Wildman–Crippen LogP) is 3.33. The summed E-state index contributed by atoms with van der Waals surface area (Å²) in [5, 5.41) is 9.89. The molecule has 0 saturated heterocycles. The Bertz CT molecular complexity index is 708. The minimum atomic E-state index is -0.189. The first-order chi connectivity index (χ1) is 10.0. The Hall–Kier alpha value is -1.78. The molecule has 1 aromatic carbocycles. The fraction of sp³-hybridized carbons (Fsp3) is 0.312. The number of amides is 1. The zero-order valence-electron chi connectivity index (χ0n) is 11.9. The number of nitrogens with zero attached hydrogens (tertiary/aromatic N) is 1. The van der Waals surface area contributed by atoms with E-state index in [9.17, 15) is 9.90 Å². The van der Waals surface area contributed by atoms with Crippen molar-refractivity contribution in [2.24, 2.45) is 0 Å². The van der Waals surface area contributed by atoms with Crippen LogP contribution < -0.4 is 4.90 Å². The van der Waals surface area contributed by atoms with E-state index in [1.165, 1.54) is 0 Å². The van der Waals surface area contributed by atoms with E-state index in [1.807, 2.05) is 19.1 Å². The fourth-order valence-electron chi connectivity index (χ4n) is 2.81. The number of aliphatic hydroxyl groups is 1. The number of carbonyl (C=O) groups is 1. The molecule has 3 rings (SSSR count). The summed E-state index contributed by atoms with van der Waals surface area (Å²) in [7, 11) is 0. The summed E-state index contributed by atoms with van der Waals surface area (Å²) >= 11 is 6.01. The molecule has 0 aliphatic carbocycles. The number of anilines is 1. The third-order valence-corrected chi connectivity index (χ3v) is 4.11. The number of rotatable bonds is 2. The third-order valence-electron chi connectivity index (χ3n) is 3.88. The molecule has 110 valence electrons. The largest absolute Gasteiger partial charge is 0.456 e. The molecule has 4 nitrogen and oxygen atoms in total. The molecule has 2 heterocycles. The van der Waals surface area contributed by atoms with Crippen LogP contribution >= 0.6 is 11.6 Å². The summed E-state index contributed by atoms with van der Waals surface area (Å²) in [5.74, 6) is 0.640. The van der Waals surface area contributed by atoms with Crippen LogP contribution in [0.15, 0.2) is 28.7 Å². The quantitative estimate of drug-likeness (QED) is 0.926. The Morgan fingerprint density at radius 2 is 2.24 bits per heavy atom. The van der Waals surface area contributed by atoms with Gasteiger partial charge in [-0.1, -0.05) is 11.6 Å². The summed E-state index contributed by atoms with van der Waals surface area (Å²) < 4.78 is 5.49. The normalized spacial score (nSPS) is 17.1. The van der Waals surface area contributed by atoms with Gasteiger partial charge < -0.3 is 14.4 Å². The molecular formula is C16H16ClNO3. The number of hydrogen-bond acceptors (Lipinski definition) is 3. The van der Waals surface area contributed by atoms with Crippen LogP contribution in [0.1, 0.15) is 34.4 Å². The first kappa shape index (κ1) is 14.2. The summed E-state index contributed by atoms with van der Waals surface area (Å²) in [6.07, 6.45) is 0.772. The van der Waals surface area contributed by atoms with Gasteiger partial charge in [-0.05, 0) is 50.1 Å². The zero-order valence-corrected chi connectivity index (χ0v) is 12.6. The Labute approximate surface area is 127 Å². The van der Waals surface area contributed by atoms with Gasteiger partial charge in [-0.3, -0.25) is 4.79 Å². The second kappa shape index (κ2) is 5.20. The van der Waals surface area contributed by atoms with Gasteiger partial charge in [-0.25, -0.2) is 0 Å². The van der Waals surface area contributed by atoms with E-state index in [2.05, 4.69) is 0 Å². The first-order valence-electron chi connectivity index (χ1n) is 6.83. The van der Waals surface area contributed by atoms with Gasteiger partial charge in [0, 0.05) is 22.3 Å². The van der Waals surface area contributed by atoms with Crippen LogP contribution in [0.2, 0.25) is 5.02 Å². The van der Waals surface area contributed by atoms with Crippen molar-refractivity contribution in [3.63, 3.8) is 0 Å². The van der Waals surface area contributed by atoms with E-state index in [0.29, 0.717) is 16.3 Å². The molecular weight excluding hydrogens is 290 g/mol. The second-order valence-corrected chi connectivity index (χ2v) is 5.79. The highest BCUT2D eigenvalue weighted by Crippen LogP contribution is 2.35. The standard InChI is InChI=1S/C16H16ClNO3/c1-9-5-11-6-13(17)3-4-14(11)18(9)16(20)15-7-12(8-19)10(2)21-15/h3-4,6-7,9,19H,5,8H2,1-2H3. The molecule has 2 aromatic rings. The molecule has 21 heavy (non-hydrogen) atoms.